The van der Waals surface area contributed by atoms with E-state index < -0.39 is 63.2 Å². The molecule has 4 aliphatic carbocycles. The van der Waals surface area contributed by atoms with Gasteiger partial charge >= 0.3 is 5.97 Å². The number of carbonyl (C=O) groups is 3. The van der Waals surface area contributed by atoms with Gasteiger partial charge in [-0.05, 0) is 37.3 Å². The van der Waals surface area contributed by atoms with E-state index in [9.17, 15) is 34.8 Å². The van der Waals surface area contributed by atoms with Gasteiger partial charge in [-0.2, -0.15) is 0 Å². The molecular weight excluding hydrogens is 721 g/mol. The lowest BCUT2D eigenvalue weighted by molar-refractivity contribution is -0.255. The van der Waals surface area contributed by atoms with E-state index in [1.54, 1.807) is 19.9 Å². The third-order valence-corrected chi connectivity index (χ3v) is 15.0. The monoisotopic (exact) mass is 801 g/mol. The summed E-state index contributed by atoms with van der Waals surface area (Å²) in [5, 5.41) is 57.7. The number of fused-ring (bicyclic) bond motifs is 5. The zero-order valence-corrected chi connectivity index (χ0v) is 36.4. The zero-order chi connectivity index (χ0) is 41.9. The van der Waals surface area contributed by atoms with E-state index >= 15 is 0 Å². The molecule has 0 amide bonds. The van der Waals surface area contributed by atoms with Gasteiger partial charge < -0.3 is 30.3 Å². The SMILES string of the molecule is CCCCCCCCCCCCCC(=O)[C@@]1(O)[C@@H](C)[C@@]2(O)[C@@H](C=C(CO)C[C@]3(O)C(=O)C(C)=C[C@@H]23)[C@H]2C(C)(C)[C@@]21OCCCCCCCCCCCCCC(=O)O. The maximum Gasteiger partial charge on any atom is 0.303 e. The summed E-state index contributed by atoms with van der Waals surface area (Å²) in [5.41, 5.74) is -7.11. The van der Waals surface area contributed by atoms with Crippen LogP contribution in [0.5, 0.6) is 0 Å². The predicted octanol–water partition coefficient (Wildman–Crippen LogP) is 9.36. The van der Waals surface area contributed by atoms with E-state index in [4.69, 9.17) is 9.84 Å². The second-order valence-electron chi connectivity index (χ2n) is 19.2. The number of aliphatic carboxylic acids is 1. The van der Waals surface area contributed by atoms with Crippen LogP contribution in [0.1, 0.15) is 195 Å². The molecule has 0 aromatic heterocycles. The van der Waals surface area contributed by atoms with Crippen molar-refractivity contribution in [2.45, 2.75) is 218 Å². The van der Waals surface area contributed by atoms with Crippen molar-refractivity contribution in [2.75, 3.05) is 13.2 Å². The van der Waals surface area contributed by atoms with Crippen LogP contribution in [0, 0.1) is 29.1 Å². The summed E-state index contributed by atoms with van der Waals surface area (Å²) in [6.45, 7) is 9.58. The maximum absolute atomic E-state index is 14.7. The lowest BCUT2D eigenvalue weighted by Gasteiger charge is -2.57. The van der Waals surface area contributed by atoms with Crippen LogP contribution in [0.15, 0.2) is 23.3 Å². The van der Waals surface area contributed by atoms with Gasteiger partial charge in [0.05, 0.1) is 12.2 Å². The fourth-order valence-corrected chi connectivity index (χ4v) is 11.7. The van der Waals surface area contributed by atoms with Crippen molar-refractivity contribution in [1.82, 2.24) is 0 Å². The van der Waals surface area contributed by atoms with Crippen molar-refractivity contribution in [3.8, 4) is 0 Å². The topological polar surface area (TPSA) is 162 Å². The predicted molar refractivity (Wildman–Crippen MR) is 225 cm³/mol. The van der Waals surface area contributed by atoms with E-state index in [1.165, 1.54) is 57.8 Å². The fraction of sp³-hybridized carbons (Fsp3) is 0.854. The highest BCUT2D eigenvalue weighted by molar-refractivity contribution is 6.05. The number of rotatable bonds is 29. The summed E-state index contributed by atoms with van der Waals surface area (Å²) in [7, 11) is 0. The number of hydrogen-bond donors (Lipinski definition) is 5. The largest absolute Gasteiger partial charge is 0.481 e. The third-order valence-electron chi connectivity index (χ3n) is 15.0. The molecule has 4 aliphatic rings. The summed E-state index contributed by atoms with van der Waals surface area (Å²) in [4.78, 5) is 39.0. The van der Waals surface area contributed by atoms with E-state index in [1.807, 2.05) is 19.9 Å². The van der Waals surface area contributed by atoms with E-state index in [2.05, 4.69) is 6.92 Å². The lowest BCUT2D eigenvalue weighted by atomic mass is 9.53. The number of carboxylic acids is 1. The second kappa shape index (κ2) is 21.1. The Hall–Kier alpha value is -1.91. The molecule has 0 bridgehead atoms. The van der Waals surface area contributed by atoms with Gasteiger partial charge in [0, 0.05) is 55.0 Å². The normalized spacial score (nSPS) is 32.5. The Labute approximate surface area is 344 Å². The summed E-state index contributed by atoms with van der Waals surface area (Å²) in [5.74, 6) is -4.85. The van der Waals surface area contributed by atoms with Crippen LogP contribution in [0.25, 0.3) is 0 Å². The van der Waals surface area contributed by atoms with Gasteiger partial charge in [0.25, 0.3) is 0 Å². The Morgan fingerprint density at radius 2 is 1.21 bits per heavy atom. The Bertz CT molecular complexity index is 1400. The van der Waals surface area contributed by atoms with Crippen molar-refractivity contribution < 1.29 is 44.7 Å². The van der Waals surface area contributed by atoms with Crippen LogP contribution in [0.2, 0.25) is 0 Å². The molecule has 0 heterocycles. The molecule has 57 heavy (non-hydrogen) atoms. The van der Waals surface area contributed by atoms with Crippen LogP contribution in [-0.4, -0.2) is 78.7 Å². The molecule has 5 N–H and O–H groups in total. The van der Waals surface area contributed by atoms with Crippen LogP contribution in [-0.2, 0) is 19.1 Å². The number of ketones is 2. The highest BCUT2D eigenvalue weighted by atomic mass is 16.5. The lowest BCUT2D eigenvalue weighted by Crippen LogP contribution is -2.73. The third kappa shape index (κ3) is 9.85. The van der Waals surface area contributed by atoms with Crippen molar-refractivity contribution in [3.63, 3.8) is 0 Å². The molecule has 0 saturated heterocycles. The Morgan fingerprint density at radius 3 is 1.70 bits per heavy atom. The molecule has 2 saturated carbocycles. The van der Waals surface area contributed by atoms with Gasteiger partial charge in [-0.1, -0.05) is 162 Å². The minimum Gasteiger partial charge on any atom is -0.481 e. The van der Waals surface area contributed by atoms with Crippen LogP contribution >= 0.6 is 0 Å². The smallest absolute Gasteiger partial charge is 0.303 e. The molecule has 0 aliphatic heterocycles. The number of hydrogen-bond acceptors (Lipinski definition) is 8. The van der Waals surface area contributed by atoms with Crippen LogP contribution < -0.4 is 0 Å². The molecule has 0 aromatic carbocycles. The van der Waals surface area contributed by atoms with Crippen molar-refractivity contribution in [3.05, 3.63) is 23.3 Å². The molecule has 4 rings (SSSR count). The average Bonchev–Trinajstić information content (AvgIpc) is 3.62. The van der Waals surface area contributed by atoms with Gasteiger partial charge in [-0.15, -0.1) is 0 Å². The van der Waals surface area contributed by atoms with Gasteiger partial charge in [0.15, 0.2) is 17.2 Å². The average molecular weight is 801 g/mol. The molecule has 0 radical (unpaired) electrons. The van der Waals surface area contributed by atoms with Crippen molar-refractivity contribution in [1.29, 1.82) is 0 Å². The number of unbranched alkanes of at least 4 members (excludes halogenated alkanes) is 20. The molecule has 9 nitrogen and oxygen atoms in total. The number of carbonyl (C=O) groups excluding carboxylic acids is 2. The number of carboxylic acid groups (broad SMARTS) is 1. The number of ether oxygens (including phenoxy) is 1. The molecule has 0 spiro atoms. The van der Waals surface area contributed by atoms with E-state index in [0.29, 0.717) is 24.2 Å². The first-order chi connectivity index (χ1) is 27.1. The van der Waals surface area contributed by atoms with Crippen molar-refractivity contribution >= 4 is 17.5 Å². The van der Waals surface area contributed by atoms with Gasteiger partial charge in [0.1, 0.15) is 11.2 Å². The highest BCUT2D eigenvalue weighted by Gasteiger charge is 2.91. The molecule has 326 valence electrons. The Balaban J connectivity index is 1.44. The van der Waals surface area contributed by atoms with E-state index in [0.717, 1.165) is 77.0 Å². The fourth-order valence-electron chi connectivity index (χ4n) is 11.7. The van der Waals surface area contributed by atoms with Gasteiger partial charge in [-0.25, -0.2) is 0 Å². The number of aliphatic hydroxyl groups is 4. The summed E-state index contributed by atoms with van der Waals surface area (Å²) in [6.07, 6.45) is 27.7. The van der Waals surface area contributed by atoms with Crippen molar-refractivity contribution in [2.24, 2.45) is 29.1 Å². The Kier molecular flexibility index (Phi) is 17.6. The second-order valence-corrected chi connectivity index (χ2v) is 19.2. The summed E-state index contributed by atoms with van der Waals surface area (Å²) >= 11 is 0. The molecule has 9 heteroatoms. The first-order valence-electron chi connectivity index (χ1n) is 23.2. The standard InChI is InChI=1S/C48H80O9/c1-6-7-8-9-10-11-13-16-19-22-25-28-40(50)47(56)36(3)46(55)38(32-37(34-49)33-45(54)39(46)31-35(2)43(45)53)42-44(4,5)48(42,47)57-30-27-24-21-18-15-12-14-17-20-23-26-29-41(51)52/h31-32,36,38-39,42,49,54-56H,6-30,33-34H2,1-5H3,(H,51,52)/t36-,38-,39+,42-,45+,46+,47-,48-/m0/s1. The number of Topliss-reactive ketones (excluding diaryl/α,β-unsaturated/α-hetero) is 2. The molecular formula is C48H80O9. The minimum absolute atomic E-state index is 0.120. The number of aliphatic hydroxyl groups excluding tert-OH is 1. The molecule has 8 atom stereocenters. The first kappa shape index (κ1) is 47.8. The van der Waals surface area contributed by atoms with E-state index in [-0.39, 0.29) is 31.7 Å². The van der Waals surface area contributed by atoms with Crippen LogP contribution in [0.4, 0.5) is 0 Å². The van der Waals surface area contributed by atoms with Gasteiger partial charge in [0.2, 0.25) is 0 Å². The van der Waals surface area contributed by atoms with Gasteiger partial charge in [-0.3, -0.25) is 14.4 Å². The first-order valence-corrected chi connectivity index (χ1v) is 23.2. The minimum atomic E-state index is -2.07. The van der Waals surface area contributed by atoms with Crippen LogP contribution in [0.3, 0.4) is 0 Å². The quantitative estimate of drug-likeness (QED) is 0.0367. The maximum atomic E-state index is 14.7. The zero-order valence-electron chi connectivity index (χ0n) is 36.4. The molecule has 0 unspecified atom stereocenters. The Morgan fingerprint density at radius 1 is 0.737 bits per heavy atom. The summed E-state index contributed by atoms with van der Waals surface area (Å²) < 4.78 is 6.91. The molecule has 0 aromatic rings. The molecule has 2 fully saturated rings. The highest BCUT2D eigenvalue weighted by Crippen LogP contribution is 2.79. The summed E-state index contributed by atoms with van der Waals surface area (Å²) in [6, 6.07) is 0.